The lowest BCUT2D eigenvalue weighted by molar-refractivity contribution is -0.139. The zero-order valence-electron chi connectivity index (χ0n) is 11.1. The van der Waals surface area contributed by atoms with Gasteiger partial charge in [-0.05, 0) is 18.9 Å². The number of aromatic hydroxyl groups is 1. The van der Waals surface area contributed by atoms with Crippen LogP contribution in [-0.2, 0) is 4.79 Å². The van der Waals surface area contributed by atoms with Gasteiger partial charge in [-0.25, -0.2) is 0 Å². The first-order chi connectivity index (χ1) is 9.52. The summed E-state index contributed by atoms with van der Waals surface area (Å²) in [6.45, 7) is 0. The van der Waals surface area contributed by atoms with Crippen molar-refractivity contribution in [2.24, 2.45) is 0 Å². The molecule has 6 nitrogen and oxygen atoms in total. The first kappa shape index (κ1) is 14.3. The number of hydrogen-bond donors (Lipinski definition) is 3. The molecule has 0 saturated heterocycles. The van der Waals surface area contributed by atoms with Crippen molar-refractivity contribution in [3.05, 3.63) is 24.0 Å². The van der Waals surface area contributed by atoms with Gasteiger partial charge in [0.1, 0.15) is 5.75 Å². The highest BCUT2D eigenvalue weighted by atomic mass is 16.4. The van der Waals surface area contributed by atoms with Crippen LogP contribution in [0.1, 0.15) is 48.9 Å². The van der Waals surface area contributed by atoms with E-state index in [0.717, 1.165) is 19.3 Å². The fourth-order valence-corrected chi connectivity index (χ4v) is 2.75. The summed E-state index contributed by atoms with van der Waals surface area (Å²) >= 11 is 0. The molecule has 2 rings (SSSR count). The number of carboxylic acid groups (broad SMARTS) is 1. The Kier molecular flexibility index (Phi) is 4.22. The first-order valence-electron chi connectivity index (χ1n) is 6.70. The highest BCUT2D eigenvalue weighted by molar-refractivity contribution is 5.97. The normalized spacial score (nSPS) is 17.4. The maximum absolute atomic E-state index is 12.2. The molecule has 0 spiro atoms. The number of aromatic nitrogens is 1. The largest absolute Gasteiger partial charge is 0.505 e. The minimum absolute atomic E-state index is 0.0927. The maximum atomic E-state index is 12.2. The molecule has 1 aromatic rings. The summed E-state index contributed by atoms with van der Waals surface area (Å²) in [7, 11) is 0. The fraction of sp³-hybridized carbons (Fsp3) is 0.500. The van der Waals surface area contributed by atoms with Gasteiger partial charge in [-0.1, -0.05) is 19.3 Å². The van der Waals surface area contributed by atoms with Gasteiger partial charge in [0.2, 0.25) is 0 Å². The molecule has 0 aliphatic heterocycles. The highest BCUT2D eigenvalue weighted by Crippen LogP contribution is 2.32. The van der Waals surface area contributed by atoms with Crippen LogP contribution >= 0.6 is 0 Å². The number of rotatable bonds is 4. The van der Waals surface area contributed by atoms with Crippen molar-refractivity contribution >= 4 is 11.9 Å². The zero-order valence-corrected chi connectivity index (χ0v) is 11.1. The third kappa shape index (κ3) is 3.26. The molecule has 1 heterocycles. The Bertz CT molecular complexity index is 510. The first-order valence-corrected chi connectivity index (χ1v) is 6.70. The molecule has 1 saturated carbocycles. The van der Waals surface area contributed by atoms with Crippen molar-refractivity contribution < 1.29 is 19.8 Å². The second-order valence-corrected chi connectivity index (χ2v) is 5.26. The Balaban J connectivity index is 2.17. The lowest BCUT2D eigenvalue weighted by atomic mass is 9.79. The van der Waals surface area contributed by atoms with Gasteiger partial charge in [0.25, 0.3) is 5.91 Å². The fourth-order valence-electron chi connectivity index (χ4n) is 2.75. The van der Waals surface area contributed by atoms with Gasteiger partial charge in [-0.3, -0.25) is 14.6 Å². The second kappa shape index (κ2) is 5.90. The summed E-state index contributed by atoms with van der Waals surface area (Å²) in [6, 6.07) is 1.42. The number of nitrogens with one attached hydrogen (secondary N) is 1. The van der Waals surface area contributed by atoms with Crippen LogP contribution in [0, 0.1) is 0 Å². The smallest absolute Gasteiger partial charge is 0.305 e. The third-order valence-corrected chi connectivity index (χ3v) is 3.72. The van der Waals surface area contributed by atoms with Crippen LogP contribution in [0.25, 0.3) is 0 Å². The molecule has 1 aliphatic rings. The van der Waals surface area contributed by atoms with E-state index < -0.39 is 17.4 Å². The van der Waals surface area contributed by atoms with E-state index in [-0.39, 0.29) is 17.7 Å². The van der Waals surface area contributed by atoms with Gasteiger partial charge in [-0.2, -0.15) is 0 Å². The summed E-state index contributed by atoms with van der Waals surface area (Å²) < 4.78 is 0. The molecule has 20 heavy (non-hydrogen) atoms. The van der Waals surface area contributed by atoms with E-state index >= 15 is 0 Å². The maximum Gasteiger partial charge on any atom is 0.305 e. The van der Waals surface area contributed by atoms with Crippen molar-refractivity contribution in [2.75, 3.05) is 0 Å². The van der Waals surface area contributed by atoms with Crippen molar-refractivity contribution in [1.29, 1.82) is 0 Å². The molecule has 3 N–H and O–H groups in total. The van der Waals surface area contributed by atoms with Crippen molar-refractivity contribution in [3.8, 4) is 5.75 Å². The van der Waals surface area contributed by atoms with E-state index in [1.165, 1.54) is 18.5 Å². The number of amides is 1. The van der Waals surface area contributed by atoms with Crippen molar-refractivity contribution in [1.82, 2.24) is 10.3 Å². The topological polar surface area (TPSA) is 99.5 Å². The predicted octanol–water partition coefficient (Wildman–Crippen LogP) is 1.69. The minimum atomic E-state index is -0.925. The van der Waals surface area contributed by atoms with Crippen LogP contribution in [0.15, 0.2) is 18.5 Å². The SMILES string of the molecule is O=C(O)CC1(NC(=O)c2ccncc2O)CCCCC1. The quantitative estimate of drug-likeness (QED) is 0.778. The Hall–Kier alpha value is -2.11. The molecular formula is C14H18N2O4. The average molecular weight is 278 g/mol. The molecule has 6 heteroatoms. The Morgan fingerprint density at radius 2 is 2.00 bits per heavy atom. The summed E-state index contributed by atoms with van der Waals surface area (Å²) in [6.07, 6.45) is 6.67. The molecule has 0 atom stereocenters. The van der Waals surface area contributed by atoms with Crippen molar-refractivity contribution in [2.45, 2.75) is 44.1 Å². The monoisotopic (exact) mass is 278 g/mol. The lowest BCUT2D eigenvalue weighted by Crippen LogP contribution is -2.51. The number of carbonyl (C=O) groups excluding carboxylic acids is 1. The molecule has 0 unspecified atom stereocenters. The molecule has 0 bridgehead atoms. The Morgan fingerprint density at radius 3 is 2.60 bits per heavy atom. The molecule has 1 aliphatic carbocycles. The van der Waals surface area contributed by atoms with E-state index in [2.05, 4.69) is 10.3 Å². The molecule has 1 fully saturated rings. The van der Waals surface area contributed by atoms with E-state index in [1.807, 2.05) is 0 Å². The van der Waals surface area contributed by atoms with Gasteiger partial charge in [0, 0.05) is 6.20 Å². The predicted molar refractivity (Wildman–Crippen MR) is 71.4 cm³/mol. The summed E-state index contributed by atoms with van der Waals surface area (Å²) in [5, 5.41) is 21.5. The van der Waals surface area contributed by atoms with Crippen LogP contribution in [0.3, 0.4) is 0 Å². The molecular weight excluding hydrogens is 260 g/mol. The van der Waals surface area contributed by atoms with E-state index in [1.54, 1.807) is 0 Å². The van der Waals surface area contributed by atoms with Gasteiger partial charge in [0.15, 0.2) is 0 Å². The third-order valence-electron chi connectivity index (χ3n) is 3.72. The summed E-state index contributed by atoms with van der Waals surface area (Å²) in [4.78, 5) is 27.0. The van der Waals surface area contributed by atoms with Crippen LogP contribution in [0.5, 0.6) is 5.75 Å². The van der Waals surface area contributed by atoms with Gasteiger partial charge < -0.3 is 15.5 Å². The zero-order chi connectivity index (χ0) is 14.6. The number of pyridine rings is 1. The standard InChI is InChI=1S/C14H18N2O4/c17-11-9-15-7-4-10(11)13(20)16-14(8-12(18)19)5-2-1-3-6-14/h4,7,9,17H,1-3,5-6,8H2,(H,16,20)(H,18,19). The van der Waals surface area contributed by atoms with Crippen LogP contribution in [-0.4, -0.2) is 32.6 Å². The van der Waals surface area contributed by atoms with Gasteiger partial charge in [-0.15, -0.1) is 0 Å². The molecule has 108 valence electrons. The van der Waals surface area contributed by atoms with Crippen LogP contribution < -0.4 is 5.32 Å². The molecule has 0 aromatic carbocycles. The van der Waals surface area contributed by atoms with Crippen LogP contribution in [0.2, 0.25) is 0 Å². The minimum Gasteiger partial charge on any atom is -0.505 e. The Labute approximate surface area is 116 Å². The second-order valence-electron chi connectivity index (χ2n) is 5.26. The van der Waals surface area contributed by atoms with Gasteiger partial charge >= 0.3 is 5.97 Å². The molecule has 0 radical (unpaired) electrons. The summed E-state index contributed by atoms with van der Waals surface area (Å²) in [5.41, 5.74) is -0.591. The average Bonchev–Trinajstić information content (AvgIpc) is 2.39. The van der Waals surface area contributed by atoms with Gasteiger partial charge in [0.05, 0.1) is 23.7 Å². The van der Waals surface area contributed by atoms with E-state index in [9.17, 15) is 14.7 Å². The summed E-state index contributed by atoms with van der Waals surface area (Å²) in [5.74, 6) is -1.58. The number of carboxylic acids is 1. The number of carbonyl (C=O) groups is 2. The highest BCUT2D eigenvalue weighted by Gasteiger charge is 2.36. The Morgan fingerprint density at radius 1 is 1.30 bits per heavy atom. The number of aliphatic carboxylic acids is 1. The van der Waals surface area contributed by atoms with Crippen molar-refractivity contribution in [3.63, 3.8) is 0 Å². The van der Waals surface area contributed by atoms with Crippen LogP contribution in [0.4, 0.5) is 0 Å². The number of nitrogens with zero attached hydrogens (tertiary/aromatic N) is 1. The number of hydrogen-bond acceptors (Lipinski definition) is 4. The molecule has 1 amide bonds. The van der Waals surface area contributed by atoms with E-state index in [0.29, 0.717) is 12.8 Å². The van der Waals surface area contributed by atoms with E-state index in [4.69, 9.17) is 5.11 Å². The lowest BCUT2D eigenvalue weighted by Gasteiger charge is -2.37. The molecule has 1 aromatic heterocycles.